The molecule has 0 aromatic heterocycles. The molecule has 2 heterocycles. The van der Waals surface area contributed by atoms with Crippen LogP contribution in [0.25, 0.3) is 0 Å². The molecule has 9 nitrogen and oxygen atoms in total. The summed E-state index contributed by atoms with van der Waals surface area (Å²) in [7, 11) is 0. The van der Waals surface area contributed by atoms with Crippen molar-refractivity contribution in [2.45, 2.75) is 108 Å². The van der Waals surface area contributed by atoms with E-state index >= 15 is 0 Å². The van der Waals surface area contributed by atoms with E-state index in [0.29, 0.717) is 12.0 Å². The first kappa shape index (κ1) is 27.5. The molecule has 6 aliphatic rings. The summed E-state index contributed by atoms with van der Waals surface area (Å²) < 4.78 is 32.1. The van der Waals surface area contributed by atoms with Crippen LogP contribution in [0.3, 0.4) is 0 Å². The van der Waals surface area contributed by atoms with E-state index in [1.165, 1.54) is 6.92 Å². The molecular weight excluding hydrogens is 528 g/mol. The Morgan fingerprint density at radius 1 is 1.05 bits per heavy atom. The molecule has 2 N–H and O–H groups in total. The number of fused-ring (bicyclic) bond motifs is 6. The zero-order valence-electron chi connectivity index (χ0n) is 24.5. The van der Waals surface area contributed by atoms with Crippen LogP contribution >= 0.6 is 0 Å². The molecule has 1 spiro atoms. The maximum absolute atomic E-state index is 13.8. The number of rotatable bonds is 3. The number of hydrogen-bond donors (Lipinski definition) is 2. The summed E-state index contributed by atoms with van der Waals surface area (Å²) in [6, 6.07) is 8.68. The fraction of sp³-hybridized carbons (Fsp3) is 0.688. The van der Waals surface area contributed by atoms with Crippen molar-refractivity contribution in [3.05, 3.63) is 47.0 Å². The van der Waals surface area contributed by atoms with Gasteiger partial charge in [0.1, 0.15) is 23.9 Å². The highest BCUT2D eigenvalue weighted by Crippen LogP contribution is 2.77. The number of hydrogen-bond acceptors (Lipinski definition) is 9. The molecule has 41 heavy (non-hydrogen) atoms. The van der Waals surface area contributed by atoms with Gasteiger partial charge in [-0.3, -0.25) is 4.79 Å². The van der Waals surface area contributed by atoms with Crippen LogP contribution < -0.4 is 0 Å². The fourth-order valence-electron chi connectivity index (χ4n) is 9.40. The molecule has 4 aliphatic carbocycles. The molecule has 7 rings (SSSR count). The van der Waals surface area contributed by atoms with Crippen LogP contribution in [-0.2, 0) is 28.5 Å². The van der Waals surface area contributed by atoms with Gasteiger partial charge in [0.2, 0.25) is 0 Å². The molecule has 5 fully saturated rings. The van der Waals surface area contributed by atoms with E-state index in [9.17, 15) is 19.8 Å². The van der Waals surface area contributed by atoms with Gasteiger partial charge in [0.15, 0.2) is 11.4 Å². The predicted octanol–water partition coefficient (Wildman–Crippen LogP) is 3.31. The summed E-state index contributed by atoms with van der Waals surface area (Å²) in [6.07, 6.45) is -2.23. The smallest absolute Gasteiger partial charge is 0.338 e. The number of carbonyl (C=O) groups excluding carboxylic acids is 2. The molecule has 1 aromatic rings. The quantitative estimate of drug-likeness (QED) is 0.418. The molecule has 2 saturated heterocycles. The zero-order chi connectivity index (χ0) is 29.3. The van der Waals surface area contributed by atoms with E-state index in [4.69, 9.17) is 23.7 Å². The van der Waals surface area contributed by atoms with E-state index < -0.39 is 76.2 Å². The van der Waals surface area contributed by atoms with E-state index in [1.54, 1.807) is 24.3 Å². The summed E-state index contributed by atoms with van der Waals surface area (Å²) in [4.78, 5) is 26.5. The van der Waals surface area contributed by atoms with E-state index in [1.807, 2.05) is 40.7 Å². The Hall–Kier alpha value is -2.30. The summed E-state index contributed by atoms with van der Waals surface area (Å²) in [6.45, 7) is 11.0. The van der Waals surface area contributed by atoms with Crippen molar-refractivity contribution < 1.29 is 43.5 Å². The van der Waals surface area contributed by atoms with Gasteiger partial charge in [-0.1, -0.05) is 32.0 Å². The Bertz CT molecular complexity index is 1340. The first-order chi connectivity index (χ1) is 19.2. The highest BCUT2D eigenvalue weighted by molar-refractivity contribution is 5.89. The number of benzene rings is 1. The normalized spacial score (nSPS) is 46.4. The molecule has 222 valence electrons. The molecule has 2 bridgehead atoms. The van der Waals surface area contributed by atoms with Gasteiger partial charge in [-0.25, -0.2) is 4.79 Å². The SMILES string of the molecule is CC(=O)O[C@@]12CO[C@@H]1C[C@@H]1C[C@@]13[C@@H]1OC(C)(C)O[C@@H]1C1=C(C)[C@@H](O)C[C@@](O)([C@@H](OC(=O)c4ccccc4)[C@H]23)C1(C)C. The summed E-state index contributed by atoms with van der Waals surface area (Å²) in [5, 5.41) is 24.5. The summed E-state index contributed by atoms with van der Waals surface area (Å²) in [5.74, 6) is -2.52. The Balaban J connectivity index is 1.49. The van der Waals surface area contributed by atoms with Crippen LogP contribution in [0, 0.1) is 22.7 Å². The summed E-state index contributed by atoms with van der Waals surface area (Å²) in [5.41, 5.74) is -2.62. The van der Waals surface area contributed by atoms with Crippen LogP contribution in [0.4, 0.5) is 0 Å². The average Bonchev–Trinajstić information content (AvgIpc) is 3.52. The van der Waals surface area contributed by atoms with Crippen molar-refractivity contribution in [2.24, 2.45) is 22.7 Å². The molecule has 2 aliphatic heterocycles. The van der Waals surface area contributed by atoms with Gasteiger partial charge in [0, 0.05) is 24.2 Å². The third-order valence-electron chi connectivity index (χ3n) is 11.3. The topological polar surface area (TPSA) is 121 Å². The Morgan fingerprint density at radius 3 is 2.39 bits per heavy atom. The highest BCUT2D eigenvalue weighted by atomic mass is 16.8. The van der Waals surface area contributed by atoms with Gasteiger partial charge < -0.3 is 33.9 Å². The molecule has 10 atom stereocenters. The maximum Gasteiger partial charge on any atom is 0.338 e. The molecule has 0 radical (unpaired) electrons. The minimum atomic E-state index is -1.73. The minimum Gasteiger partial charge on any atom is -0.455 e. The van der Waals surface area contributed by atoms with Crippen molar-refractivity contribution in [3.63, 3.8) is 0 Å². The zero-order valence-corrected chi connectivity index (χ0v) is 24.5. The van der Waals surface area contributed by atoms with Gasteiger partial charge in [-0.2, -0.15) is 0 Å². The lowest BCUT2D eigenvalue weighted by Crippen LogP contribution is -2.78. The van der Waals surface area contributed by atoms with Crippen molar-refractivity contribution in [1.29, 1.82) is 0 Å². The van der Waals surface area contributed by atoms with Crippen LogP contribution in [0.15, 0.2) is 41.5 Å². The van der Waals surface area contributed by atoms with Crippen LogP contribution in [0.2, 0.25) is 0 Å². The second kappa shape index (κ2) is 8.41. The molecule has 3 saturated carbocycles. The maximum atomic E-state index is 13.8. The second-order valence-electron chi connectivity index (χ2n) is 14.1. The Morgan fingerprint density at radius 2 is 1.76 bits per heavy atom. The van der Waals surface area contributed by atoms with Gasteiger partial charge in [-0.15, -0.1) is 0 Å². The average molecular weight is 569 g/mol. The van der Waals surface area contributed by atoms with E-state index in [2.05, 4.69) is 0 Å². The third kappa shape index (κ3) is 3.47. The lowest BCUT2D eigenvalue weighted by molar-refractivity contribution is -0.333. The Kier molecular flexibility index (Phi) is 5.65. The molecular formula is C32H40O9. The number of aliphatic hydroxyl groups is 2. The number of esters is 2. The van der Waals surface area contributed by atoms with Gasteiger partial charge in [0.05, 0.1) is 30.3 Å². The monoisotopic (exact) mass is 568 g/mol. The molecule has 1 aromatic carbocycles. The lowest BCUT2D eigenvalue weighted by Gasteiger charge is -2.65. The molecule has 0 unspecified atom stereocenters. The molecule has 0 amide bonds. The fourth-order valence-corrected chi connectivity index (χ4v) is 9.40. The number of aliphatic hydroxyl groups excluding tert-OH is 1. The number of carbonyl (C=O) groups is 2. The first-order valence-electron chi connectivity index (χ1n) is 14.7. The van der Waals surface area contributed by atoms with Crippen molar-refractivity contribution in [1.82, 2.24) is 0 Å². The number of ether oxygens (including phenoxy) is 5. The van der Waals surface area contributed by atoms with Crippen LogP contribution in [0.1, 0.15) is 71.2 Å². The minimum absolute atomic E-state index is 0.0529. The third-order valence-corrected chi connectivity index (χ3v) is 11.3. The van der Waals surface area contributed by atoms with E-state index in [-0.39, 0.29) is 18.9 Å². The van der Waals surface area contributed by atoms with Crippen molar-refractivity contribution in [2.75, 3.05) is 6.61 Å². The lowest BCUT2D eigenvalue weighted by atomic mass is 9.48. The second-order valence-corrected chi connectivity index (χ2v) is 14.1. The van der Waals surface area contributed by atoms with Crippen LogP contribution in [-0.4, -0.2) is 76.3 Å². The largest absolute Gasteiger partial charge is 0.455 e. The van der Waals surface area contributed by atoms with Crippen molar-refractivity contribution in [3.8, 4) is 0 Å². The first-order valence-corrected chi connectivity index (χ1v) is 14.7. The van der Waals surface area contributed by atoms with E-state index in [0.717, 1.165) is 17.6 Å². The Labute approximate surface area is 240 Å². The van der Waals surface area contributed by atoms with Gasteiger partial charge in [-0.05, 0) is 62.8 Å². The van der Waals surface area contributed by atoms with Gasteiger partial charge in [0.25, 0.3) is 0 Å². The summed E-state index contributed by atoms with van der Waals surface area (Å²) >= 11 is 0. The van der Waals surface area contributed by atoms with Crippen LogP contribution in [0.5, 0.6) is 0 Å². The standard InChI is InChI=1S/C32H40O9/c1-16-20(34)14-32(36)26(38-27(35)18-10-8-7-9-11-18)24-30(13-19(30)12-21-31(24,15-37-21)39-17(2)33)25-23(22(16)28(32,3)4)40-29(5,6)41-25/h7-11,19-21,23-26,34,36H,12-15H2,1-6H3/t19-,20+,21-,23-,24+,25-,26+,30-,31+,32-/m1/s1. The van der Waals surface area contributed by atoms with Gasteiger partial charge >= 0.3 is 11.9 Å². The molecule has 9 heteroatoms. The highest BCUT2D eigenvalue weighted by Gasteiger charge is 2.84. The van der Waals surface area contributed by atoms with Crippen molar-refractivity contribution >= 4 is 11.9 Å². The predicted molar refractivity (Wildman–Crippen MR) is 144 cm³/mol.